The number of anilines is 1. The maximum atomic E-state index is 14.0. The van der Waals surface area contributed by atoms with Gasteiger partial charge < -0.3 is 10.2 Å². The summed E-state index contributed by atoms with van der Waals surface area (Å²) in [5.41, 5.74) is 2.33. The maximum absolute atomic E-state index is 14.0. The summed E-state index contributed by atoms with van der Waals surface area (Å²) in [4.78, 5) is 28.7. The van der Waals surface area contributed by atoms with E-state index in [-0.39, 0.29) is 17.3 Å². The van der Waals surface area contributed by atoms with E-state index in [1.807, 2.05) is 58.0 Å². The molecule has 0 saturated carbocycles. The summed E-state index contributed by atoms with van der Waals surface area (Å²) in [5, 5.41) is 2.93. The number of rotatable bonds is 9. The Morgan fingerprint density at radius 2 is 1.59 bits per heavy atom. The molecule has 0 aliphatic rings. The minimum Gasteiger partial charge on any atom is -0.350 e. The Balaban J connectivity index is 2.05. The zero-order valence-corrected chi connectivity index (χ0v) is 25.6. The van der Waals surface area contributed by atoms with Gasteiger partial charge in [0.1, 0.15) is 12.6 Å². The average Bonchev–Trinajstić information content (AvgIpc) is 2.85. The van der Waals surface area contributed by atoms with Crippen LogP contribution in [0.3, 0.4) is 0 Å². The lowest BCUT2D eigenvalue weighted by atomic mass is 10.1. The van der Waals surface area contributed by atoms with Crippen LogP contribution in [0.15, 0.2) is 82.2 Å². The van der Waals surface area contributed by atoms with E-state index in [2.05, 4.69) is 21.2 Å². The highest BCUT2D eigenvalue weighted by Gasteiger charge is 2.33. The van der Waals surface area contributed by atoms with Crippen LogP contribution in [0.2, 0.25) is 0 Å². The second-order valence-corrected chi connectivity index (χ2v) is 13.5. The second kappa shape index (κ2) is 12.3. The molecule has 0 fully saturated rings. The highest BCUT2D eigenvalue weighted by atomic mass is 79.9. The number of aryl methyl sites for hydroxylation is 2. The van der Waals surface area contributed by atoms with Crippen LogP contribution in [-0.2, 0) is 26.2 Å². The number of halogens is 1. The number of carbonyl (C=O) groups excluding carboxylic acids is 2. The van der Waals surface area contributed by atoms with Crippen molar-refractivity contribution in [2.45, 2.75) is 64.6 Å². The van der Waals surface area contributed by atoms with Crippen LogP contribution in [-0.4, -0.2) is 43.3 Å². The quantitative estimate of drug-likeness (QED) is 0.341. The molecule has 0 spiro atoms. The lowest BCUT2D eigenvalue weighted by molar-refractivity contribution is -0.140. The molecule has 0 aromatic heterocycles. The molecule has 0 aliphatic heterocycles. The molecule has 7 nitrogen and oxygen atoms in total. The van der Waals surface area contributed by atoms with Crippen LogP contribution in [0.4, 0.5) is 5.69 Å². The largest absolute Gasteiger partial charge is 0.350 e. The van der Waals surface area contributed by atoms with E-state index in [1.54, 1.807) is 56.3 Å². The first-order valence-corrected chi connectivity index (χ1v) is 14.9. The molecule has 1 atom stereocenters. The molecule has 0 heterocycles. The van der Waals surface area contributed by atoms with E-state index in [4.69, 9.17) is 0 Å². The zero-order chi connectivity index (χ0) is 29.0. The lowest BCUT2D eigenvalue weighted by Crippen LogP contribution is -2.54. The molecular formula is C30H36BrN3O4S. The molecule has 3 aromatic carbocycles. The van der Waals surface area contributed by atoms with Crippen molar-refractivity contribution < 1.29 is 18.0 Å². The number of nitrogens with zero attached hydrogens (tertiary/aromatic N) is 2. The van der Waals surface area contributed by atoms with Crippen LogP contribution in [0.1, 0.15) is 44.4 Å². The van der Waals surface area contributed by atoms with Crippen molar-refractivity contribution in [1.29, 1.82) is 0 Å². The third-order valence-corrected chi connectivity index (χ3v) is 8.45. The van der Waals surface area contributed by atoms with Gasteiger partial charge >= 0.3 is 0 Å². The fraction of sp³-hybridized carbons (Fsp3) is 0.333. The fourth-order valence-corrected chi connectivity index (χ4v) is 6.01. The molecule has 39 heavy (non-hydrogen) atoms. The highest BCUT2D eigenvalue weighted by molar-refractivity contribution is 9.10. The molecule has 2 amide bonds. The SMILES string of the molecule is Cc1ccc(S(=O)(=O)N(CC(=O)N(Cc2cccc(Br)c2)C(C)C(=O)NC(C)(C)C)c2ccccc2C)cc1. The van der Waals surface area contributed by atoms with Gasteiger partial charge in [0.25, 0.3) is 10.0 Å². The van der Waals surface area contributed by atoms with Crippen molar-refractivity contribution in [2.75, 3.05) is 10.8 Å². The normalized spacial score (nSPS) is 12.5. The third-order valence-electron chi connectivity index (χ3n) is 6.18. The Kier molecular flexibility index (Phi) is 9.61. The van der Waals surface area contributed by atoms with Crippen LogP contribution >= 0.6 is 15.9 Å². The van der Waals surface area contributed by atoms with Crippen LogP contribution in [0.5, 0.6) is 0 Å². The summed E-state index contributed by atoms with van der Waals surface area (Å²) in [7, 11) is -4.10. The fourth-order valence-electron chi connectivity index (χ4n) is 4.08. The number of nitrogens with one attached hydrogen (secondary N) is 1. The minimum absolute atomic E-state index is 0.0845. The van der Waals surface area contributed by atoms with Gasteiger partial charge in [-0.2, -0.15) is 0 Å². The number of hydrogen-bond donors (Lipinski definition) is 1. The van der Waals surface area contributed by atoms with Crippen molar-refractivity contribution in [3.05, 3.63) is 94.0 Å². The molecule has 1 unspecified atom stereocenters. The molecule has 208 valence electrons. The summed E-state index contributed by atoms with van der Waals surface area (Å²) < 4.78 is 29.8. The first-order chi connectivity index (χ1) is 18.2. The Morgan fingerprint density at radius 3 is 2.18 bits per heavy atom. The summed E-state index contributed by atoms with van der Waals surface area (Å²) in [5.74, 6) is -0.819. The van der Waals surface area contributed by atoms with Crippen molar-refractivity contribution >= 4 is 43.5 Å². The summed E-state index contributed by atoms with van der Waals surface area (Å²) in [6.07, 6.45) is 0. The van der Waals surface area contributed by atoms with E-state index in [9.17, 15) is 18.0 Å². The predicted molar refractivity (Wildman–Crippen MR) is 159 cm³/mol. The monoisotopic (exact) mass is 613 g/mol. The zero-order valence-electron chi connectivity index (χ0n) is 23.2. The van der Waals surface area contributed by atoms with Gasteiger partial charge in [0.15, 0.2) is 0 Å². The Hall–Kier alpha value is -3.17. The van der Waals surface area contributed by atoms with Gasteiger partial charge in [-0.15, -0.1) is 0 Å². The number of amides is 2. The van der Waals surface area contributed by atoms with E-state index in [0.29, 0.717) is 11.3 Å². The Bertz CT molecular complexity index is 1430. The smallest absolute Gasteiger partial charge is 0.264 e. The van der Waals surface area contributed by atoms with Crippen LogP contribution in [0, 0.1) is 13.8 Å². The molecule has 0 radical (unpaired) electrons. The molecule has 0 saturated heterocycles. The summed E-state index contributed by atoms with van der Waals surface area (Å²) in [6.45, 7) is 10.6. The van der Waals surface area contributed by atoms with Crippen LogP contribution < -0.4 is 9.62 Å². The minimum atomic E-state index is -4.10. The van der Waals surface area contributed by atoms with Crippen molar-refractivity contribution in [3.63, 3.8) is 0 Å². The van der Waals surface area contributed by atoms with Gasteiger partial charge in [-0.1, -0.05) is 64.0 Å². The summed E-state index contributed by atoms with van der Waals surface area (Å²) in [6, 6.07) is 20.2. The van der Waals surface area contributed by atoms with E-state index in [1.165, 1.54) is 4.90 Å². The maximum Gasteiger partial charge on any atom is 0.264 e. The second-order valence-electron chi connectivity index (χ2n) is 10.7. The first-order valence-electron chi connectivity index (χ1n) is 12.7. The topological polar surface area (TPSA) is 86.8 Å². The van der Waals surface area contributed by atoms with Gasteiger partial charge in [-0.3, -0.25) is 13.9 Å². The lowest BCUT2D eigenvalue weighted by Gasteiger charge is -2.33. The summed E-state index contributed by atoms with van der Waals surface area (Å²) >= 11 is 3.46. The Labute approximate surface area is 240 Å². The van der Waals surface area contributed by atoms with E-state index in [0.717, 1.165) is 19.9 Å². The first kappa shape index (κ1) is 30.4. The van der Waals surface area contributed by atoms with Crippen LogP contribution in [0.25, 0.3) is 0 Å². The number of carbonyl (C=O) groups is 2. The molecule has 0 bridgehead atoms. The molecule has 3 rings (SSSR count). The third kappa shape index (κ3) is 7.92. The van der Waals surface area contributed by atoms with E-state index >= 15 is 0 Å². The Morgan fingerprint density at radius 1 is 0.949 bits per heavy atom. The van der Waals surface area contributed by atoms with Crippen molar-refractivity contribution in [2.24, 2.45) is 0 Å². The van der Waals surface area contributed by atoms with Gasteiger partial charge in [0.05, 0.1) is 10.6 Å². The molecule has 0 aliphatic carbocycles. The molecule has 3 aromatic rings. The van der Waals surface area contributed by atoms with Crippen molar-refractivity contribution in [3.8, 4) is 0 Å². The molecule has 1 N–H and O–H groups in total. The molecule has 9 heteroatoms. The predicted octanol–water partition coefficient (Wildman–Crippen LogP) is 5.59. The number of hydrogen-bond acceptors (Lipinski definition) is 4. The van der Waals surface area contributed by atoms with Crippen molar-refractivity contribution in [1.82, 2.24) is 10.2 Å². The standard InChI is InChI=1S/C30H36BrN3O4S/c1-21-14-16-26(17-15-21)39(37,38)34(27-13-8-7-10-22(27)2)20-28(35)33(19-24-11-9-12-25(31)18-24)23(3)29(36)32-30(4,5)6/h7-18,23H,19-20H2,1-6H3,(H,32,36). The highest BCUT2D eigenvalue weighted by Crippen LogP contribution is 2.27. The van der Waals surface area contributed by atoms with Gasteiger partial charge in [-0.25, -0.2) is 8.42 Å². The van der Waals surface area contributed by atoms with Gasteiger partial charge in [0, 0.05) is 16.6 Å². The number of para-hydroxylation sites is 1. The number of sulfonamides is 1. The molecular weight excluding hydrogens is 578 g/mol. The number of benzene rings is 3. The van der Waals surface area contributed by atoms with E-state index < -0.39 is 34.1 Å². The average molecular weight is 615 g/mol. The van der Waals surface area contributed by atoms with Gasteiger partial charge in [-0.05, 0) is 83.0 Å². The van der Waals surface area contributed by atoms with Gasteiger partial charge in [0.2, 0.25) is 11.8 Å².